The average Bonchev–Trinajstić information content (AvgIpc) is 2.86. The number of hydroxylamine groups is 1. The summed E-state index contributed by atoms with van der Waals surface area (Å²) in [5.41, 5.74) is 4.74. The SMILES string of the molecule is CNC(=O)[C@@H](NC(=O)[C@H](CC(C)C)[C@@H](C(=O)NO)N1CCc2ccccc2C1)c1ccccc1. The number of nitrogens with zero attached hydrogens (tertiary/aromatic N) is 1. The van der Waals surface area contributed by atoms with Crippen molar-refractivity contribution < 1.29 is 19.6 Å². The molecule has 2 aromatic rings. The Bertz CT molecular complexity index is 995. The van der Waals surface area contributed by atoms with Gasteiger partial charge in [-0.1, -0.05) is 68.4 Å². The van der Waals surface area contributed by atoms with Gasteiger partial charge in [0.2, 0.25) is 11.8 Å². The lowest BCUT2D eigenvalue weighted by molar-refractivity contribution is -0.144. The molecule has 1 aliphatic heterocycles. The Labute approximate surface area is 200 Å². The highest BCUT2D eigenvalue weighted by Gasteiger charge is 2.40. The third-order valence-electron chi connectivity index (χ3n) is 6.30. The minimum Gasteiger partial charge on any atom is -0.357 e. The zero-order valence-corrected chi connectivity index (χ0v) is 20.0. The van der Waals surface area contributed by atoms with Crippen LogP contribution >= 0.6 is 0 Å². The van der Waals surface area contributed by atoms with Crippen LogP contribution in [0.25, 0.3) is 0 Å². The molecule has 2 aromatic carbocycles. The van der Waals surface area contributed by atoms with E-state index in [0.29, 0.717) is 25.1 Å². The Kier molecular flexibility index (Phi) is 8.79. The molecule has 1 heterocycles. The molecule has 0 saturated carbocycles. The molecule has 3 rings (SSSR count). The van der Waals surface area contributed by atoms with Crippen molar-refractivity contribution >= 4 is 17.7 Å². The van der Waals surface area contributed by atoms with E-state index in [2.05, 4.69) is 16.7 Å². The zero-order valence-electron chi connectivity index (χ0n) is 20.0. The van der Waals surface area contributed by atoms with Gasteiger partial charge in [0.15, 0.2) is 0 Å². The van der Waals surface area contributed by atoms with Gasteiger partial charge in [-0.3, -0.25) is 24.5 Å². The second kappa shape index (κ2) is 11.8. The maximum absolute atomic E-state index is 13.7. The van der Waals surface area contributed by atoms with E-state index in [0.717, 1.165) is 12.0 Å². The van der Waals surface area contributed by atoms with Crippen molar-refractivity contribution in [3.05, 3.63) is 71.3 Å². The van der Waals surface area contributed by atoms with Crippen LogP contribution in [-0.2, 0) is 27.3 Å². The van der Waals surface area contributed by atoms with E-state index in [-0.39, 0.29) is 11.8 Å². The van der Waals surface area contributed by atoms with E-state index in [9.17, 15) is 19.6 Å². The number of hydrogen-bond donors (Lipinski definition) is 4. The van der Waals surface area contributed by atoms with Gasteiger partial charge in [0, 0.05) is 20.1 Å². The van der Waals surface area contributed by atoms with Gasteiger partial charge in [-0.05, 0) is 35.4 Å². The van der Waals surface area contributed by atoms with Gasteiger partial charge >= 0.3 is 0 Å². The maximum atomic E-state index is 13.7. The number of carbonyl (C=O) groups excluding carboxylic acids is 3. The largest absolute Gasteiger partial charge is 0.357 e. The van der Waals surface area contributed by atoms with Crippen molar-refractivity contribution in [3.8, 4) is 0 Å². The first kappa shape index (κ1) is 25.4. The van der Waals surface area contributed by atoms with Gasteiger partial charge in [-0.2, -0.15) is 0 Å². The molecule has 0 unspecified atom stereocenters. The number of carbonyl (C=O) groups is 3. The summed E-state index contributed by atoms with van der Waals surface area (Å²) in [4.78, 5) is 41.2. The molecule has 0 aliphatic carbocycles. The van der Waals surface area contributed by atoms with Crippen LogP contribution in [0.2, 0.25) is 0 Å². The third kappa shape index (κ3) is 6.01. The number of fused-ring (bicyclic) bond motifs is 1. The lowest BCUT2D eigenvalue weighted by Gasteiger charge is -2.38. The zero-order chi connectivity index (χ0) is 24.7. The van der Waals surface area contributed by atoms with Crippen LogP contribution in [0.1, 0.15) is 43.0 Å². The van der Waals surface area contributed by atoms with Crippen molar-refractivity contribution in [2.24, 2.45) is 11.8 Å². The maximum Gasteiger partial charge on any atom is 0.261 e. The first-order valence-electron chi connectivity index (χ1n) is 11.7. The van der Waals surface area contributed by atoms with Crippen LogP contribution in [0, 0.1) is 11.8 Å². The van der Waals surface area contributed by atoms with Gasteiger partial charge in [0.25, 0.3) is 5.91 Å². The van der Waals surface area contributed by atoms with Crippen LogP contribution in [0.4, 0.5) is 0 Å². The summed E-state index contributed by atoms with van der Waals surface area (Å²) in [6.45, 7) is 5.03. The Morgan fingerprint density at radius 2 is 1.59 bits per heavy atom. The first-order valence-corrected chi connectivity index (χ1v) is 11.7. The number of likely N-dealkylation sites (N-methyl/N-ethyl adjacent to an activating group) is 1. The molecule has 4 N–H and O–H groups in total. The van der Waals surface area contributed by atoms with Gasteiger partial charge in [0.1, 0.15) is 12.1 Å². The molecule has 1 aliphatic rings. The van der Waals surface area contributed by atoms with Crippen LogP contribution in [-0.4, -0.2) is 47.5 Å². The smallest absolute Gasteiger partial charge is 0.261 e. The van der Waals surface area contributed by atoms with E-state index >= 15 is 0 Å². The quantitative estimate of drug-likeness (QED) is 0.334. The Balaban J connectivity index is 1.92. The Morgan fingerprint density at radius 1 is 0.941 bits per heavy atom. The number of benzene rings is 2. The second-order valence-electron chi connectivity index (χ2n) is 9.11. The number of nitrogens with one attached hydrogen (secondary N) is 3. The summed E-state index contributed by atoms with van der Waals surface area (Å²) in [7, 11) is 1.52. The van der Waals surface area contributed by atoms with E-state index < -0.39 is 29.8 Å². The van der Waals surface area contributed by atoms with E-state index in [4.69, 9.17) is 0 Å². The molecule has 0 radical (unpaired) electrons. The monoisotopic (exact) mass is 466 g/mol. The summed E-state index contributed by atoms with van der Waals surface area (Å²) in [5, 5.41) is 15.0. The lowest BCUT2D eigenvalue weighted by atomic mass is 9.86. The van der Waals surface area contributed by atoms with Gasteiger partial charge in [0.05, 0.1) is 5.92 Å². The highest BCUT2D eigenvalue weighted by Crippen LogP contribution is 2.28. The van der Waals surface area contributed by atoms with E-state index in [1.54, 1.807) is 29.7 Å². The molecule has 0 fully saturated rings. The minimum absolute atomic E-state index is 0.108. The van der Waals surface area contributed by atoms with Crippen molar-refractivity contribution in [2.75, 3.05) is 13.6 Å². The second-order valence-corrected chi connectivity index (χ2v) is 9.11. The summed E-state index contributed by atoms with van der Waals surface area (Å²) < 4.78 is 0. The first-order chi connectivity index (χ1) is 16.3. The molecule has 0 saturated heterocycles. The Hall–Kier alpha value is -3.23. The third-order valence-corrected chi connectivity index (χ3v) is 6.30. The molecular formula is C26H34N4O4. The van der Waals surface area contributed by atoms with Crippen molar-refractivity contribution in [1.29, 1.82) is 0 Å². The molecule has 8 heteroatoms. The molecule has 0 aromatic heterocycles. The van der Waals surface area contributed by atoms with Crippen LogP contribution in [0.15, 0.2) is 54.6 Å². The molecular weight excluding hydrogens is 432 g/mol. The number of rotatable bonds is 9. The summed E-state index contributed by atoms with van der Waals surface area (Å²) in [6.07, 6.45) is 1.16. The molecule has 8 nitrogen and oxygen atoms in total. The number of hydrogen-bond acceptors (Lipinski definition) is 5. The standard InChI is InChI=1S/C26H34N4O4/c1-17(2)15-21(24(31)28-22(25(32)27-3)19-10-5-4-6-11-19)23(26(33)29-34)30-14-13-18-9-7-8-12-20(18)16-30/h4-12,17,21-23,34H,13-16H2,1-3H3,(H,27,32)(H,28,31)(H,29,33)/t21-,22+,23+/m1/s1. The average molecular weight is 467 g/mol. The summed E-state index contributed by atoms with van der Waals surface area (Å²) >= 11 is 0. The number of amides is 3. The minimum atomic E-state index is -0.895. The van der Waals surface area contributed by atoms with Crippen LogP contribution in [0.3, 0.4) is 0 Å². The van der Waals surface area contributed by atoms with Gasteiger partial charge in [-0.15, -0.1) is 0 Å². The van der Waals surface area contributed by atoms with Crippen LogP contribution < -0.4 is 16.1 Å². The topological polar surface area (TPSA) is 111 Å². The van der Waals surface area contributed by atoms with Crippen molar-refractivity contribution in [1.82, 2.24) is 21.0 Å². The highest BCUT2D eigenvalue weighted by molar-refractivity contribution is 5.93. The fourth-order valence-corrected chi connectivity index (χ4v) is 4.65. The van der Waals surface area contributed by atoms with Crippen LogP contribution in [0.5, 0.6) is 0 Å². The molecule has 0 spiro atoms. The van der Waals surface area contributed by atoms with Gasteiger partial charge in [-0.25, -0.2) is 5.48 Å². The predicted molar refractivity (Wildman–Crippen MR) is 129 cm³/mol. The van der Waals surface area contributed by atoms with Crippen molar-refractivity contribution in [3.63, 3.8) is 0 Å². The normalized spacial score (nSPS) is 16.1. The molecule has 34 heavy (non-hydrogen) atoms. The Morgan fingerprint density at radius 3 is 2.21 bits per heavy atom. The summed E-state index contributed by atoms with van der Waals surface area (Å²) in [6, 6.07) is 15.2. The summed E-state index contributed by atoms with van der Waals surface area (Å²) in [5.74, 6) is -2.04. The molecule has 3 amide bonds. The van der Waals surface area contributed by atoms with Gasteiger partial charge < -0.3 is 10.6 Å². The molecule has 182 valence electrons. The van der Waals surface area contributed by atoms with E-state index in [1.165, 1.54) is 12.6 Å². The molecule has 0 bridgehead atoms. The fraction of sp³-hybridized carbons (Fsp3) is 0.423. The predicted octanol–water partition coefficient (Wildman–Crippen LogP) is 2.18. The van der Waals surface area contributed by atoms with Crippen molar-refractivity contribution in [2.45, 2.75) is 45.3 Å². The lowest BCUT2D eigenvalue weighted by Crippen LogP contribution is -2.56. The molecule has 3 atom stereocenters. The fourth-order valence-electron chi connectivity index (χ4n) is 4.65. The van der Waals surface area contributed by atoms with E-state index in [1.807, 2.05) is 43.0 Å². The highest BCUT2D eigenvalue weighted by atomic mass is 16.5.